The molecule has 1 aromatic carbocycles. The van der Waals surface area contributed by atoms with Crippen LogP contribution in [0.15, 0.2) is 24.3 Å². The van der Waals surface area contributed by atoms with Crippen molar-refractivity contribution >= 4 is 15.7 Å². The largest absolute Gasteiger partial charge is 0.385 e. The molecule has 136 valence electrons. The molecule has 1 N–H and O–H groups in total. The maximum atomic E-state index is 12.6. The number of rotatable bonds is 8. The van der Waals surface area contributed by atoms with Crippen LogP contribution < -0.4 is 9.62 Å². The summed E-state index contributed by atoms with van der Waals surface area (Å²) in [6.07, 6.45) is 0.640. The van der Waals surface area contributed by atoms with Crippen molar-refractivity contribution in [2.45, 2.75) is 17.7 Å². The lowest BCUT2D eigenvalue weighted by Gasteiger charge is -2.24. The number of benzene rings is 1. The third kappa shape index (κ3) is 4.46. The van der Waals surface area contributed by atoms with E-state index in [1.54, 1.807) is 19.2 Å². The molecule has 0 unspecified atom stereocenters. The zero-order chi connectivity index (χ0) is 17.7. The Balaban J connectivity index is 2.14. The summed E-state index contributed by atoms with van der Waals surface area (Å²) < 4.78 is 32.9. The Morgan fingerprint density at radius 3 is 2.58 bits per heavy atom. The quantitative estimate of drug-likeness (QED) is 0.700. The molecule has 1 fully saturated rings. The normalized spacial score (nSPS) is 22.0. The molecule has 1 aliphatic heterocycles. The highest BCUT2D eigenvalue weighted by Crippen LogP contribution is 2.33. The van der Waals surface area contributed by atoms with Gasteiger partial charge in [-0.25, -0.2) is 13.1 Å². The number of hydrogen-bond acceptors (Lipinski definition) is 6. The van der Waals surface area contributed by atoms with Crippen LogP contribution in [0.5, 0.6) is 0 Å². The summed E-state index contributed by atoms with van der Waals surface area (Å²) in [5.74, 6) is 0. The van der Waals surface area contributed by atoms with Gasteiger partial charge in [0.15, 0.2) is 0 Å². The molecule has 1 aromatic rings. The lowest BCUT2D eigenvalue weighted by molar-refractivity contribution is -0.110. The van der Waals surface area contributed by atoms with Crippen LogP contribution in [-0.4, -0.2) is 66.7 Å². The zero-order valence-electron chi connectivity index (χ0n) is 14.7. The first kappa shape index (κ1) is 19.1. The third-order valence-corrected chi connectivity index (χ3v) is 5.96. The Hall–Kier alpha value is -1.19. The van der Waals surface area contributed by atoms with Crippen molar-refractivity contribution in [3.63, 3.8) is 0 Å². The molecule has 2 rings (SSSR count). The van der Waals surface area contributed by atoms with E-state index in [0.29, 0.717) is 19.6 Å². The zero-order valence-corrected chi connectivity index (χ0v) is 15.5. The van der Waals surface area contributed by atoms with Gasteiger partial charge in [0, 0.05) is 47.1 Å². The smallest absolute Gasteiger partial charge is 0.218 e. The molecule has 1 heterocycles. The van der Waals surface area contributed by atoms with Gasteiger partial charge < -0.3 is 9.64 Å². The topological polar surface area (TPSA) is 71.1 Å². The highest BCUT2D eigenvalue weighted by Gasteiger charge is 2.42. The minimum Gasteiger partial charge on any atom is -0.385 e. The second-order valence-electron chi connectivity index (χ2n) is 6.10. The molecule has 0 spiro atoms. The van der Waals surface area contributed by atoms with E-state index in [1.165, 1.54) is 0 Å². The van der Waals surface area contributed by atoms with Gasteiger partial charge in [-0.3, -0.25) is 4.84 Å². The van der Waals surface area contributed by atoms with Gasteiger partial charge in [-0.2, -0.15) is 5.06 Å². The van der Waals surface area contributed by atoms with E-state index < -0.39 is 15.3 Å². The van der Waals surface area contributed by atoms with Crippen molar-refractivity contribution in [2.24, 2.45) is 0 Å². The molecule has 1 aliphatic rings. The van der Waals surface area contributed by atoms with E-state index in [-0.39, 0.29) is 12.6 Å². The van der Waals surface area contributed by atoms with Crippen molar-refractivity contribution in [1.82, 2.24) is 9.79 Å². The lowest BCUT2D eigenvalue weighted by atomic mass is 10.0. The fourth-order valence-corrected chi connectivity index (χ4v) is 4.34. The van der Waals surface area contributed by atoms with E-state index in [9.17, 15) is 8.42 Å². The molecule has 2 atom stereocenters. The van der Waals surface area contributed by atoms with Crippen molar-refractivity contribution < 1.29 is 18.0 Å². The number of sulfonamides is 1. The van der Waals surface area contributed by atoms with Gasteiger partial charge in [0.25, 0.3) is 0 Å². The summed E-state index contributed by atoms with van der Waals surface area (Å²) in [6, 6.07) is 7.55. The van der Waals surface area contributed by atoms with Crippen LogP contribution in [0.2, 0.25) is 0 Å². The highest BCUT2D eigenvalue weighted by atomic mass is 32.2. The fourth-order valence-electron chi connectivity index (χ4n) is 2.79. The first-order valence-corrected chi connectivity index (χ1v) is 9.52. The van der Waals surface area contributed by atoms with Crippen LogP contribution in [0, 0.1) is 0 Å². The number of ether oxygens (including phenoxy) is 1. The Labute approximate surface area is 144 Å². The maximum Gasteiger partial charge on any atom is 0.218 e. The Morgan fingerprint density at radius 1 is 1.33 bits per heavy atom. The molecule has 0 amide bonds. The molecular weight excluding hydrogens is 330 g/mol. The lowest BCUT2D eigenvalue weighted by Crippen LogP contribution is -2.39. The Kier molecular flexibility index (Phi) is 6.59. The van der Waals surface area contributed by atoms with Crippen LogP contribution in [0.25, 0.3) is 0 Å². The molecule has 0 aliphatic carbocycles. The Bertz CT molecular complexity index is 619. The van der Waals surface area contributed by atoms with E-state index in [1.807, 2.05) is 43.3 Å². The summed E-state index contributed by atoms with van der Waals surface area (Å²) in [7, 11) is 3.83. The molecule has 0 saturated carbocycles. The second kappa shape index (κ2) is 8.26. The first-order chi connectivity index (χ1) is 11.4. The molecule has 8 heteroatoms. The predicted molar refractivity (Wildman–Crippen MR) is 94.4 cm³/mol. The highest BCUT2D eigenvalue weighted by molar-refractivity contribution is 7.90. The van der Waals surface area contributed by atoms with Gasteiger partial charge in [0.2, 0.25) is 10.0 Å². The van der Waals surface area contributed by atoms with Gasteiger partial charge in [0.1, 0.15) is 5.25 Å². The molecule has 1 saturated heterocycles. The van der Waals surface area contributed by atoms with Crippen molar-refractivity contribution in [3.8, 4) is 0 Å². The monoisotopic (exact) mass is 357 g/mol. The van der Waals surface area contributed by atoms with Crippen LogP contribution in [0.3, 0.4) is 0 Å². The Morgan fingerprint density at radius 2 is 2.00 bits per heavy atom. The molecule has 7 nitrogen and oxygen atoms in total. The van der Waals surface area contributed by atoms with Gasteiger partial charge in [-0.1, -0.05) is 12.1 Å². The van der Waals surface area contributed by atoms with Crippen LogP contribution in [0.1, 0.15) is 18.0 Å². The number of anilines is 1. The fraction of sp³-hybridized carbons (Fsp3) is 0.625. The average molecular weight is 357 g/mol. The van der Waals surface area contributed by atoms with E-state index in [0.717, 1.165) is 11.3 Å². The molecule has 0 bridgehead atoms. The number of hydrogen-bond donors (Lipinski definition) is 1. The molecule has 0 aromatic heterocycles. The summed E-state index contributed by atoms with van der Waals surface area (Å²) >= 11 is 0. The van der Waals surface area contributed by atoms with Gasteiger partial charge in [-0.05, 0) is 24.1 Å². The SMILES string of the molecule is COCCCNS(=O)(=O)[C@H]1CON(C)[C@H]1c1ccc(N(C)C)cc1. The first-order valence-electron chi connectivity index (χ1n) is 7.97. The number of methoxy groups -OCH3 is 1. The number of nitrogens with zero attached hydrogens (tertiary/aromatic N) is 2. The van der Waals surface area contributed by atoms with Gasteiger partial charge in [0.05, 0.1) is 12.6 Å². The maximum absolute atomic E-state index is 12.6. The van der Waals surface area contributed by atoms with E-state index in [4.69, 9.17) is 9.57 Å². The van der Waals surface area contributed by atoms with Crippen LogP contribution in [0.4, 0.5) is 5.69 Å². The summed E-state index contributed by atoms with van der Waals surface area (Å²) in [4.78, 5) is 7.51. The molecule has 24 heavy (non-hydrogen) atoms. The van der Waals surface area contributed by atoms with Crippen molar-refractivity contribution in [3.05, 3.63) is 29.8 Å². The predicted octanol–water partition coefficient (Wildman–Crippen LogP) is 0.995. The van der Waals surface area contributed by atoms with Crippen LogP contribution in [-0.2, 0) is 19.6 Å². The van der Waals surface area contributed by atoms with E-state index >= 15 is 0 Å². The average Bonchev–Trinajstić information content (AvgIpc) is 2.94. The summed E-state index contributed by atoms with van der Waals surface area (Å²) in [6.45, 7) is 1.04. The number of nitrogens with one attached hydrogen (secondary N) is 1. The summed E-state index contributed by atoms with van der Waals surface area (Å²) in [5.41, 5.74) is 1.99. The second-order valence-corrected chi connectivity index (χ2v) is 8.08. The van der Waals surface area contributed by atoms with Gasteiger partial charge >= 0.3 is 0 Å². The van der Waals surface area contributed by atoms with Crippen LogP contribution >= 0.6 is 0 Å². The third-order valence-electron chi connectivity index (χ3n) is 4.16. The number of hydroxylamine groups is 2. The molecule has 0 radical (unpaired) electrons. The minimum absolute atomic E-state index is 0.149. The van der Waals surface area contributed by atoms with E-state index in [2.05, 4.69) is 4.72 Å². The van der Waals surface area contributed by atoms with Gasteiger partial charge in [-0.15, -0.1) is 0 Å². The standard InChI is InChI=1S/C16H27N3O4S/c1-18(2)14-8-6-13(7-9-14)16-15(12-23-19(16)3)24(20,21)17-10-5-11-22-4/h6-9,15-17H,5,10-12H2,1-4H3/t15-,16-/m0/s1. The summed E-state index contributed by atoms with van der Waals surface area (Å²) in [5, 5.41) is 0.985. The molecular formula is C16H27N3O4S. The van der Waals surface area contributed by atoms with Crippen molar-refractivity contribution in [1.29, 1.82) is 0 Å². The van der Waals surface area contributed by atoms with Crippen molar-refractivity contribution in [2.75, 3.05) is 52.9 Å². The minimum atomic E-state index is -3.48.